The molecule has 5 aromatic rings. The van der Waals surface area contributed by atoms with Crippen LogP contribution in [0.1, 0.15) is 43.6 Å². The average Bonchev–Trinajstić information content (AvgIpc) is 3.80. The highest BCUT2D eigenvalue weighted by molar-refractivity contribution is 6.16. The Morgan fingerprint density at radius 1 is 1.11 bits per heavy atom. The molecule has 6 heterocycles. The molecule has 0 amide bonds. The van der Waals surface area contributed by atoms with Gasteiger partial charge in [0.25, 0.3) is 0 Å². The molecule has 4 atom stereocenters. The largest absolute Gasteiger partial charge is 0.508 e. The Kier molecular flexibility index (Phi) is 6.40. The first-order valence-electron chi connectivity index (χ1n) is 16.4. The van der Waals surface area contributed by atoms with Crippen LogP contribution in [0, 0.1) is 25.1 Å². The van der Waals surface area contributed by atoms with Gasteiger partial charge in [-0.25, -0.2) is 13.8 Å². The van der Waals surface area contributed by atoms with E-state index in [1.54, 1.807) is 25.1 Å². The minimum absolute atomic E-state index is 0.00217. The van der Waals surface area contributed by atoms with Crippen molar-refractivity contribution in [3.05, 3.63) is 47.6 Å². The number of oxazole rings is 1. The van der Waals surface area contributed by atoms with Crippen molar-refractivity contribution in [2.24, 2.45) is 0 Å². The summed E-state index contributed by atoms with van der Waals surface area (Å²) < 4.78 is 42.4. The number of aromatic hydroxyl groups is 1. The van der Waals surface area contributed by atoms with Gasteiger partial charge in [-0.2, -0.15) is 9.97 Å². The van der Waals surface area contributed by atoms with Crippen LogP contribution in [0.4, 0.5) is 14.6 Å². The third-order valence-electron chi connectivity index (χ3n) is 10.6. The third-order valence-corrected chi connectivity index (χ3v) is 10.6. The van der Waals surface area contributed by atoms with Gasteiger partial charge in [0.1, 0.15) is 35.7 Å². The Morgan fingerprint density at radius 3 is 2.74 bits per heavy atom. The third kappa shape index (κ3) is 4.53. The van der Waals surface area contributed by atoms with E-state index < -0.39 is 12.0 Å². The van der Waals surface area contributed by atoms with Gasteiger partial charge in [0.05, 0.1) is 22.0 Å². The number of ether oxygens (including phenoxy) is 1. The maximum atomic E-state index is 15.1. The minimum Gasteiger partial charge on any atom is -0.508 e. The van der Waals surface area contributed by atoms with Crippen LogP contribution >= 0.6 is 0 Å². The number of terminal acetylenes is 1. The number of hydrogen-bond acceptors (Lipinski definition) is 9. The molecule has 2 aromatic heterocycles. The van der Waals surface area contributed by atoms with Crippen molar-refractivity contribution < 1.29 is 23.0 Å². The molecule has 4 aliphatic rings. The van der Waals surface area contributed by atoms with Gasteiger partial charge in [-0.1, -0.05) is 12.0 Å². The summed E-state index contributed by atoms with van der Waals surface area (Å²) in [6.07, 6.45) is 9.46. The maximum Gasteiger partial charge on any atom is 0.319 e. The fourth-order valence-electron chi connectivity index (χ4n) is 8.65. The second-order valence-corrected chi connectivity index (χ2v) is 13.6. The van der Waals surface area contributed by atoms with E-state index >= 15 is 4.39 Å². The van der Waals surface area contributed by atoms with Crippen molar-refractivity contribution in [1.82, 2.24) is 25.2 Å². The summed E-state index contributed by atoms with van der Waals surface area (Å²) in [6, 6.07) is 8.81. The van der Waals surface area contributed by atoms with Crippen molar-refractivity contribution >= 4 is 38.6 Å². The average molecular weight is 637 g/mol. The lowest BCUT2D eigenvalue weighted by Crippen LogP contribution is -2.51. The predicted molar refractivity (Wildman–Crippen MR) is 175 cm³/mol. The lowest BCUT2D eigenvalue weighted by Gasteiger charge is -2.34. The number of hydrogen-bond donors (Lipinski definition) is 2. The number of aryl methyl sites for hydroxylation is 1. The molecule has 11 heteroatoms. The molecule has 3 aromatic carbocycles. The Morgan fingerprint density at radius 2 is 1.94 bits per heavy atom. The molecule has 4 aliphatic heterocycles. The molecule has 4 saturated heterocycles. The van der Waals surface area contributed by atoms with Gasteiger partial charge >= 0.3 is 6.01 Å². The summed E-state index contributed by atoms with van der Waals surface area (Å²) >= 11 is 0. The van der Waals surface area contributed by atoms with E-state index in [-0.39, 0.29) is 22.9 Å². The molecule has 0 aliphatic carbocycles. The minimum atomic E-state index is -0.872. The number of alkyl halides is 1. The van der Waals surface area contributed by atoms with Crippen molar-refractivity contribution in [2.45, 2.75) is 62.8 Å². The number of nitrogens with zero attached hydrogens (tertiary/aromatic N) is 5. The smallest absolute Gasteiger partial charge is 0.319 e. The quantitative estimate of drug-likeness (QED) is 0.238. The van der Waals surface area contributed by atoms with Gasteiger partial charge < -0.3 is 24.5 Å². The van der Waals surface area contributed by atoms with Gasteiger partial charge in [0, 0.05) is 56.0 Å². The van der Waals surface area contributed by atoms with Crippen LogP contribution in [-0.4, -0.2) is 81.5 Å². The maximum absolute atomic E-state index is 15.1. The number of halogens is 2. The summed E-state index contributed by atoms with van der Waals surface area (Å²) in [5.74, 6) is 3.12. The first-order chi connectivity index (χ1) is 22.8. The Balaban J connectivity index is 1.27. The van der Waals surface area contributed by atoms with Crippen molar-refractivity contribution in [2.75, 3.05) is 37.7 Å². The summed E-state index contributed by atoms with van der Waals surface area (Å²) in [5.41, 5.74) is 2.41. The standard InChI is InChI=1S/C36H34F2N6O3/c1-3-25-28(38)8-5-20-11-24(45)12-26(30(20)25)27-13-29-31(33-32(27)39-19(2)47-33)34(43-16-22-6-7-23(17-43)40-22)42-35(41-29)46-18-36-9-4-10-44(36)15-21(37)14-36/h1,5,8,11-13,21-23,40,45H,4,6-7,9-10,14-18H2,2H3/t21-,22?,23?,36+/m1/s1. The lowest BCUT2D eigenvalue weighted by atomic mass is 9.92. The van der Waals surface area contributed by atoms with Crippen LogP contribution in [0.3, 0.4) is 0 Å². The molecule has 9 nitrogen and oxygen atoms in total. The lowest BCUT2D eigenvalue weighted by molar-refractivity contribution is 0.107. The Bertz CT molecular complexity index is 2130. The van der Waals surface area contributed by atoms with Crippen LogP contribution in [0.5, 0.6) is 11.8 Å². The summed E-state index contributed by atoms with van der Waals surface area (Å²) in [5, 5.41) is 16.3. The van der Waals surface area contributed by atoms with Gasteiger partial charge in [0.2, 0.25) is 0 Å². The zero-order chi connectivity index (χ0) is 32.0. The molecule has 9 rings (SSSR count). The van der Waals surface area contributed by atoms with Gasteiger partial charge in [-0.05, 0) is 67.4 Å². The number of benzene rings is 3. The normalized spacial score (nSPS) is 25.7. The van der Waals surface area contributed by atoms with Crippen LogP contribution in [0.2, 0.25) is 0 Å². The van der Waals surface area contributed by atoms with E-state index in [2.05, 4.69) is 21.0 Å². The van der Waals surface area contributed by atoms with Gasteiger partial charge in [-0.15, -0.1) is 6.42 Å². The predicted octanol–water partition coefficient (Wildman–Crippen LogP) is 5.62. The molecular weight excluding hydrogens is 602 g/mol. The molecule has 240 valence electrons. The van der Waals surface area contributed by atoms with Crippen LogP contribution in [-0.2, 0) is 0 Å². The van der Waals surface area contributed by atoms with E-state index in [1.807, 2.05) is 6.07 Å². The van der Waals surface area contributed by atoms with Crippen molar-refractivity contribution in [1.29, 1.82) is 0 Å². The van der Waals surface area contributed by atoms with E-state index in [9.17, 15) is 9.50 Å². The molecule has 4 fully saturated rings. The number of phenolic OH excluding ortho intramolecular Hbond substituents is 1. The number of phenols is 1. The first-order valence-corrected chi connectivity index (χ1v) is 16.4. The molecular formula is C36H34F2N6O3. The van der Waals surface area contributed by atoms with E-state index in [0.717, 1.165) is 45.3 Å². The number of fused-ring (bicyclic) bond motifs is 7. The highest BCUT2D eigenvalue weighted by atomic mass is 19.1. The molecule has 2 bridgehead atoms. The highest BCUT2D eigenvalue weighted by Gasteiger charge is 2.49. The summed E-state index contributed by atoms with van der Waals surface area (Å²) in [4.78, 5) is 19.2. The van der Waals surface area contributed by atoms with E-state index in [4.69, 9.17) is 30.5 Å². The van der Waals surface area contributed by atoms with Crippen LogP contribution < -0.4 is 15.0 Å². The Hall–Kier alpha value is -4.53. The van der Waals surface area contributed by atoms with Gasteiger partial charge in [0.15, 0.2) is 11.5 Å². The van der Waals surface area contributed by atoms with Gasteiger partial charge in [-0.3, -0.25) is 4.90 Å². The fraction of sp³-hybridized carbons (Fsp3) is 0.417. The van der Waals surface area contributed by atoms with Crippen LogP contribution in [0.25, 0.3) is 43.9 Å². The van der Waals surface area contributed by atoms with E-state index in [0.29, 0.717) is 87.3 Å². The second kappa shape index (κ2) is 10.5. The molecule has 2 unspecified atom stereocenters. The molecule has 0 radical (unpaired) electrons. The highest BCUT2D eigenvalue weighted by Crippen LogP contribution is 2.45. The Labute approximate surface area is 269 Å². The molecule has 47 heavy (non-hydrogen) atoms. The molecule has 2 N–H and O–H groups in total. The zero-order valence-electron chi connectivity index (χ0n) is 26.0. The number of aromatic nitrogens is 3. The monoisotopic (exact) mass is 636 g/mol. The summed E-state index contributed by atoms with van der Waals surface area (Å²) in [6.45, 7) is 4.90. The SMILES string of the molecule is C#Cc1c(F)ccc2cc(O)cc(-c3cc4nc(OC[C@@]56CCCN5C[C@H](F)C6)nc(N5CC6CCC(C5)N6)c4c4oc(C)nc34)c12. The number of anilines is 1. The zero-order valence-corrected chi connectivity index (χ0v) is 26.0. The van der Waals surface area contributed by atoms with E-state index in [1.165, 1.54) is 6.07 Å². The number of piperazine rings is 1. The first kappa shape index (κ1) is 28.7. The fourth-order valence-corrected chi connectivity index (χ4v) is 8.65. The second-order valence-electron chi connectivity index (χ2n) is 13.6. The number of rotatable bonds is 5. The topological polar surface area (TPSA) is 99.8 Å². The summed E-state index contributed by atoms with van der Waals surface area (Å²) in [7, 11) is 0. The number of nitrogens with one attached hydrogen (secondary N) is 1. The molecule has 0 spiro atoms. The molecule has 0 saturated carbocycles. The van der Waals surface area contributed by atoms with Crippen LogP contribution in [0.15, 0.2) is 34.7 Å². The van der Waals surface area contributed by atoms with Crippen molar-refractivity contribution in [3.63, 3.8) is 0 Å². The van der Waals surface area contributed by atoms with Crippen molar-refractivity contribution in [3.8, 4) is 35.2 Å².